The zero-order valence-electron chi connectivity index (χ0n) is 10.3. The van der Waals surface area contributed by atoms with E-state index in [9.17, 15) is 0 Å². The van der Waals surface area contributed by atoms with Gasteiger partial charge in [-0.3, -0.25) is 4.99 Å². The Bertz CT molecular complexity index is 526. The van der Waals surface area contributed by atoms with Crippen molar-refractivity contribution in [3.63, 3.8) is 0 Å². The van der Waals surface area contributed by atoms with Gasteiger partial charge in [0.05, 0.1) is 0 Å². The van der Waals surface area contributed by atoms with Gasteiger partial charge in [-0.25, -0.2) is 0 Å². The highest BCUT2D eigenvalue weighted by Crippen LogP contribution is 2.47. The molecular weight excluding hydrogens is 242 g/mol. The van der Waals surface area contributed by atoms with Crippen molar-refractivity contribution in [2.75, 3.05) is 29.5 Å². The number of rotatable bonds is 0. The van der Waals surface area contributed by atoms with E-state index in [1.54, 1.807) is 0 Å². The Morgan fingerprint density at radius 3 is 3.28 bits per heavy atom. The third kappa shape index (κ3) is 1.41. The number of nitrogens with two attached hydrogens (primary N) is 1. The molecule has 3 aliphatic rings. The van der Waals surface area contributed by atoms with Gasteiger partial charge < -0.3 is 10.6 Å². The lowest BCUT2D eigenvalue weighted by atomic mass is 9.91. The van der Waals surface area contributed by atoms with Gasteiger partial charge in [0.25, 0.3) is 0 Å². The lowest BCUT2D eigenvalue weighted by molar-refractivity contribution is 0.557. The molecule has 3 aliphatic heterocycles. The SMILES string of the molecule is Nc1cc2c3c(c1)[C@H]1C=NCC[C@@H]1N3CCSC2. The van der Waals surface area contributed by atoms with Crippen molar-refractivity contribution >= 4 is 29.4 Å². The van der Waals surface area contributed by atoms with E-state index in [1.165, 1.54) is 35.5 Å². The predicted octanol–water partition coefficient (Wildman–Crippen LogP) is 2.26. The first-order chi connectivity index (χ1) is 8.84. The first kappa shape index (κ1) is 10.7. The first-order valence-electron chi connectivity index (χ1n) is 6.61. The number of anilines is 2. The van der Waals surface area contributed by atoms with Gasteiger partial charge in [0.1, 0.15) is 0 Å². The summed E-state index contributed by atoms with van der Waals surface area (Å²) in [5.41, 5.74) is 11.3. The maximum absolute atomic E-state index is 6.08. The second-order valence-electron chi connectivity index (χ2n) is 5.30. The van der Waals surface area contributed by atoms with E-state index in [-0.39, 0.29) is 0 Å². The van der Waals surface area contributed by atoms with Crippen LogP contribution in [0.15, 0.2) is 17.1 Å². The Morgan fingerprint density at radius 2 is 2.33 bits per heavy atom. The van der Waals surface area contributed by atoms with Gasteiger partial charge in [-0.15, -0.1) is 0 Å². The third-order valence-corrected chi connectivity index (χ3v) is 5.24. The van der Waals surface area contributed by atoms with E-state index < -0.39 is 0 Å². The van der Waals surface area contributed by atoms with Crippen LogP contribution in [0.2, 0.25) is 0 Å². The molecule has 4 heteroatoms. The molecule has 1 aromatic carbocycles. The largest absolute Gasteiger partial charge is 0.399 e. The molecule has 1 aromatic rings. The number of fused-ring (bicyclic) bond motifs is 3. The van der Waals surface area contributed by atoms with Crippen LogP contribution in [-0.4, -0.2) is 31.1 Å². The zero-order chi connectivity index (χ0) is 12.1. The monoisotopic (exact) mass is 259 g/mol. The van der Waals surface area contributed by atoms with Gasteiger partial charge in [0, 0.05) is 54.1 Å². The van der Waals surface area contributed by atoms with Crippen LogP contribution in [-0.2, 0) is 5.75 Å². The summed E-state index contributed by atoms with van der Waals surface area (Å²) in [6.07, 6.45) is 3.34. The van der Waals surface area contributed by atoms with Crippen LogP contribution >= 0.6 is 11.8 Å². The number of nitrogen functional groups attached to an aromatic ring is 1. The Balaban J connectivity index is 1.94. The second-order valence-corrected chi connectivity index (χ2v) is 6.41. The molecule has 4 rings (SSSR count). The van der Waals surface area contributed by atoms with Crippen molar-refractivity contribution in [1.29, 1.82) is 0 Å². The Kier molecular flexibility index (Phi) is 2.34. The maximum atomic E-state index is 6.08. The average Bonchev–Trinajstić information content (AvgIpc) is 2.55. The average molecular weight is 259 g/mol. The van der Waals surface area contributed by atoms with Crippen LogP contribution < -0.4 is 10.6 Å². The summed E-state index contributed by atoms with van der Waals surface area (Å²) >= 11 is 2.02. The smallest absolute Gasteiger partial charge is 0.0451 e. The molecule has 0 bridgehead atoms. The molecule has 0 radical (unpaired) electrons. The van der Waals surface area contributed by atoms with Crippen LogP contribution in [0.1, 0.15) is 23.5 Å². The number of aliphatic imine (C=N–C) groups is 1. The zero-order valence-corrected chi connectivity index (χ0v) is 11.1. The summed E-state index contributed by atoms with van der Waals surface area (Å²) < 4.78 is 0. The van der Waals surface area contributed by atoms with Crippen LogP contribution in [0, 0.1) is 0 Å². The highest BCUT2D eigenvalue weighted by atomic mass is 32.2. The van der Waals surface area contributed by atoms with Crippen molar-refractivity contribution in [3.05, 3.63) is 23.3 Å². The quantitative estimate of drug-likeness (QED) is 0.727. The molecule has 2 N–H and O–H groups in total. The fourth-order valence-electron chi connectivity index (χ4n) is 3.56. The van der Waals surface area contributed by atoms with E-state index in [0.717, 1.165) is 18.0 Å². The topological polar surface area (TPSA) is 41.6 Å². The van der Waals surface area contributed by atoms with Crippen molar-refractivity contribution in [2.45, 2.75) is 24.1 Å². The highest BCUT2D eigenvalue weighted by molar-refractivity contribution is 7.98. The standard InChI is InChI=1S/C14H17N3S/c15-10-5-9-8-18-4-3-17-13-1-2-16-7-12(13)11(6-10)14(9)17/h5-7,12-13H,1-4,8,15H2/t12-,13+/m1/s1. The lowest BCUT2D eigenvalue weighted by Crippen LogP contribution is -2.38. The van der Waals surface area contributed by atoms with E-state index >= 15 is 0 Å². The molecule has 0 saturated heterocycles. The van der Waals surface area contributed by atoms with Crippen LogP contribution in [0.5, 0.6) is 0 Å². The van der Waals surface area contributed by atoms with Crippen molar-refractivity contribution in [2.24, 2.45) is 4.99 Å². The Labute approximate surface area is 111 Å². The molecule has 94 valence electrons. The highest BCUT2D eigenvalue weighted by Gasteiger charge is 2.40. The summed E-state index contributed by atoms with van der Waals surface area (Å²) in [4.78, 5) is 7.12. The molecule has 0 spiro atoms. The van der Waals surface area contributed by atoms with Gasteiger partial charge in [0.2, 0.25) is 0 Å². The van der Waals surface area contributed by atoms with Gasteiger partial charge in [-0.2, -0.15) is 11.8 Å². The number of thioether (sulfide) groups is 1. The molecule has 0 aliphatic carbocycles. The van der Waals surface area contributed by atoms with Crippen LogP contribution in [0.4, 0.5) is 11.4 Å². The summed E-state index contributed by atoms with van der Waals surface area (Å²) in [5, 5.41) is 0. The summed E-state index contributed by atoms with van der Waals surface area (Å²) in [6, 6.07) is 4.96. The van der Waals surface area contributed by atoms with Crippen LogP contribution in [0.25, 0.3) is 0 Å². The van der Waals surface area contributed by atoms with Crippen molar-refractivity contribution in [1.82, 2.24) is 0 Å². The molecular formula is C14H17N3S. The molecule has 0 unspecified atom stereocenters. The minimum Gasteiger partial charge on any atom is -0.399 e. The molecule has 2 atom stereocenters. The van der Waals surface area contributed by atoms with E-state index in [0.29, 0.717) is 12.0 Å². The first-order valence-corrected chi connectivity index (χ1v) is 7.77. The molecule has 0 aromatic heterocycles. The minimum absolute atomic E-state index is 0.471. The second kappa shape index (κ2) is 3.92. The molecule has 0 saturated carbocycles. The fraction of sp³-hybridized carbons (Fsp3) is 0.500. The molecule has 3 heterocycles. The number of nitrogens with zero attached hydrogens (tertiary/aromatic N) is 2. The summed E-state index contributed by atoms with van der Waals surface area (Å²) in [7, 11) is 0. The molecule has 18 heavy (non-hydrogen) atoms. The minimum atomic E-state index is 0.471. The molecule has 0 fully saturated rings. The Morgan fingerprint density at radius 1 is 1.39 bits per heavy atom. The van der Waals surface area contributed by atoms with E-state index in [4.69, 9.17) is 5.73 Å². The predicted molar refractivity (Wildman–Crippen MR) is 78.9 cm³/mol. The van der Waals surface area contributed by atoms with Crippen molar-refractivity contribution < 1.29 is 0 Å². The maximum Gasteiger partial charge on any atom is 0.0451 e. The lowest BCUT2D eigenvalue weighted by Gasteiger charge is -2.30. The van der Waals surface area contributed by atoms with Gasteiger partial charge >= 0.3 is 0 Å². The third-order valence-electron chi connectivity index (χ3n) is 4.26. The van der Waals surface area contributed by atoms with E-state index in [1.807, 2.05) is 11.8 Å². The number of hydrogen-bond donors (Lipinski definition) is 1. The van der Waals surface area contributed by atoms with Crippen molar-refractivity contribution in [3.8, 4) is 0 Å². The summed E-state index contributed by atoms with van der Waals surface area (Å²) in [6.45, 7) is 2.15. The number of benzene rings is 1. The fourth-order valence-corrected chi connectivity index (χ4v) is 4.47. The van der Waals surface area contributed by atoms with Gasteiger partial charge in [0.15, 0.2) is 0 Å². The van der Waals surface area contributed by atoms with Gasteiger partial charge in [-0.05, 0) is 29.7 Å². The molecule has 0 amide bonds. The number of hydrogen-bond acceptors (Lipinski definition) is 4. The van der Waals surface area contributed by atoms with E-state index in [2.05, 4.69) is 28.2 Å². The van der Waals surface area contributed by atoms with Crippen LogP contribution in [0.3, 0.4) is 0 Å². The molecule has 3 nitrogen and oxygen atoms in total. The van der Waals surface area contributed by atoms with Gasteiger partial charge in [-0.1, -0.05) is 0 Å². The Hall–Kier alpha value is -1.16. The normalized spacial score (nSPS) is 28.8. The summed E-state index contributed by atoms with van der Waals surface area (Å²) in [5.74, 6) is 2.79.